The number of hydrogen-bond acceptors (Lipinski definition) is 6. The summed E-state index contributed by atoms with van der Waals surface area (Å²) in [5.41, 5.74) is 1.24. The smallest absolute Gasteiger partial charge is 0.348 e. The highest BCUT2D eigenvalue weighted by molar-refractivity contribution is 5.98. The van der Waals surface area contributed by atoms with Crippen LogP contribution in [0.4, 0.5) is 13.2 Å². The van der Waals surface area contributed by atoms with Gasteiger partial charge in [-0.25, -0.2) is 4.68 Å². The number of carbonyl (C=O) groups excluding carboxylic acids is 1. The number of alkyl halides is 3. The number of ketones is 1. The highest BCUT2D eigenvalue weighted by atomic mass is 19.4. The van der Waals surface area contributed by atoms with Gasteiger partial charge in [-0.3, -0.25) is 9.78 Å². The monoisotopic (exact) mass is 510 g/mol. The van der Waals surface area contributed by atoms with E-state index in [1.54, 1.807) is 19.2 Å². The van der Waals surface area contributed by atoms with Gasteiger partial charge in [-0.1, -0.05) is 6.07 Å². The molecule has 3 heterocycles. The zero-order chi connectivity index (χ0) is 26.3. The van der Waals surface area contributed by atoms with Crippen LogP contribution >= 0.6 is 0 Å². The molecule has 3 aromatic rings. The molecule has 1 aliphatic heterocycles. The number of carbonyl (C=O) groups is 1. The van der Waals surface area contributed by atoms with Gasteiger partial charge in [0.1, 0.15) is 0 Å². The molecule has 0 amide bonds. The molecule has 0 N–H and O–H groups in total. The van der Waals surface area contributed by atoms with Crippen molar-refractivity contribution in [1.29, 1.82) is 5.26 Å². The van der Waals surface area contributed by atoms with Gasteiger partial charge < -0.3 is 9.47 Å². The number of benzene rings is 1. The molecule has 0 radical (unpaired) electrons. The van der Waals surface area contributed by atoms with Gasteiger partial charge in [-0.2, -0.15) is 23.5 Å². The lowest BCUT2D eigenvalue weighted by Gasteiger charge is -2.39. The van der Waals surface area contributed by atoms with E-state index in [0.717, 1.165) is 12.1 Å². The second-order valence-electron chi connectivity index (χ2n) is 9.55. The van der Waals surface area contributed by atoms with E-state index in [4.69, 9.17) is 9.47 Å². The first-order chi connectivity index (χ1) is 17.6. The number of hydrogen-bond donors (Lipinski definition) is 0. The largest absolute Gasteiger partial charge is 0.416 e. The van der Waals surface area contributed by atoms with Crippen molar-refractivity contribution < 1.29 is 27.4 Å². The summed E-state index contributed by atoms with van der Waals surface area (Å²) < 4.78 is 51.6. The quantitative estimate of drug-likeness (QED) is 0.444. The average Bonchev–Trinajstić information content (AvgIpc) is 3.51. The summed E-state index contributed by atoms with van der Waals surface area (Å²) in [6, 6.07) is 10.7. The van der Waals surface area contributed by atoms with Gasteiger partial charge in [0.05, 0.1) is 59.1 Å². The van der Waals surface area contributed by atoms with E-state index >= 15 is 0 Å². The molecular weight excluding hydrogens is 485 g/mol. The topological polar surface area (TPSA) is 90.0 Å². The molecule has 1 aromatic carbocycles. The molecular formula is C27H25F3N4O3. The summed E-state index contributed by atoms with van der Waals surface area (Å²) in [4.78, 5) is 17.5. The molecule has 2 fully saturated rings. The maximum absolute atomic E-state index is 13.0. The van der Waals surface area contributed by atoms with Gasteiger partial charge in [0.2, 0.25) is 0 Å². The van der Waals surface area contributed by atoms with Crippen LogP contribution in [0, 0.1) is 18.3 Å². The molecule has 7 nitrogen and oxygen atoms in total. The van der Waals surface area contributed by atoms with Gasteiger partial charge >= 0.3 is 6.18 Å². The van der Waals surface area contributed by atoms with Gasteiger partial charge in [0, 0.05) is 25.5 Å². The van der Waals surface area contributed by atoms with Crippen LogP contribution in [0.5, 0.6) is 0 Å². The van der Waals surface area contributed by atoms with Crippen molar-refractivity contribution >= 4 is 5.78 Å². The number of ether oxygens (including phenoxy) is 2. The molecule has 2 aromatic heterocycles. The minimum Gasteiger partial charge on any atom is -0.348 e. The minimum absolute atomic E-state index is 0.0805. The predicted molar refractivity (Wildman–Crippen MR) is 126 cm³/mol. The number of Topliss-reactive ketones (excluding diaryl/α,β-unsaturated/α-hetero) is 1. The lowest BCUT2D eigenvalue weighted by Crippen LogP contribution is -2.41. The number of pyridine rings is 1. The van der Waals surface area contributed by atoms with Crippen molar-refractivity contribution in [2.45, 2.75) is 56.4 Å². The average molecular weight is 511 g/mol. The van der Waals surface area contributed by atoms with Crippen molar-refractivity contribution in [3.8, 4) is 11.8 Å². The van der Waals surface area contributed by atoms with Gasteiger partial charge in [-0.05, 0) is 55.7 Å². The Morgan fingerprint density at radius 2 is 1.73 bits per heavy atom. The molecule has 5 rings (SSSR count). The fourth-order valence-electron chi connectivity index (χ4n) is 5.10. The highest BCUT2D eigenvalue weighted by Gasteiger charge is 2.48. The second kappa shape index (κ2) is 9.39. The van der Waals surface area contributed by atoms with E-state index < -0.39 is 22.9 Å². The molecule has 1 aliphatic carbocycles. The van der Waals surface area contributed by atoms with Crippen LogP contribution in [-0.4, -0.2) is 39.5 Å². The lowest BCUT2D eigenvalue weighted by atomic mass is 9.70. The fraction of sp³-hybridized carbons (Fsp3) is 0.407. The molecule has 192 valence electrons. The number of aromatic nitrogens is 3. The first-order valence-electron chi connectivity index (χ1n) is 12.0. The molecule has 0 bridgehead atoms. The first kappa shape index (κ1) is 25.1. The Bertz CT molecular complexity index is 1330. The van der Waals surface area contributed by atoms with Crippen LogP contribution in [0.3, 0.4) is 0 Å². The van der Waals surface area contributed by atoms with Crippen LogP contribution < -0.4 is 0 Å². The molecule has 1 saturated carbocycles. The Kier molecular flexibility index (Phi) is 6.38. The van der Waals surface area contributed by atoms with Gasteiger partial charge in [0.25, 0.3) is 0 Å². The second-order valence-corrected chi connectivity index (χ2v) is 9.55. The molecule has 1 saturated heterocycles. The maximum atomic E-state index is 13.0. The van der Waals surface area contributed by atoms with Crippen LogP contribution in [-0.2, 0) is 27.5 Å². The number of nitriles is 1. The zero-order valence-corrected chi connectivity index (χ0v) is 20.2. The van der Waals surface area contributed by atoms with E-state index in [1.807, 2.05) is 6.07 Å². The Hall–Kier alpha value is -3.55. The number of nitrogens with zero attached hydrogens (tertiary/aromatic N) is 4. The summed E-state index contributed by atoms with van der Waals surface area (Å²) in [6.07, 6.45) is 1.12. The lowest BCUT2D eigenvalue weighted by molar-refractivity contribution is -0.182. The predicted octanol–water partition coefficient (Wildman–Crippen LogP) is 5.10. The van der Waals surface area contributed by atoms with Crippen molar-refractivity contribution in [3.63, 3.8) is 0 Å². The number of rotatable bonds is 5. The zero-order valence-electron chi connectivity index (χ0n) is 20.2. The molecule has 2 aliphatic rings. The van der Waals surface area contributed by atoms with Crippen LogP contribution in [0.1, 0.15) is 58.6 Å². The van der Waals surface area contributed by atoms with Gasteiger partial charge in [0.15, 0.2) is 11.6 Å². The Morgan fingerprint density at radius 1 is 1.05 bits per heavy atom. The third kappa shape index (κ3) is 4.77. The van der Waals surface area contributed by atoms with Crippen molar-refractivity contribution in [3.05, 3.63) is 76.9 Å². The van der Waals surface area contributed by atoms with E-state index in [1.165, 1.54) is 23.0 Å². The number of halogens is 3. The third-order valence-electron chi connectivity index (χ3n) is 7.32. The standard InChI is InChI=1S/C27H25F3N4O3/c1-18-22(16-33-34(18)21-5-3-20(4-6-21)27(28,29)30)23(35)14-19-2-7-24(32-15-19)25(17-31)8-10-26(11-9-25)36-12-13-37-26/h2-7,15-16H,8-14H2,1H3. The van der Waals surface area contributed by atoms with E-state index in [-0.39, 0.29) is 12.2 Å². The van der Waals surface area contributed by atoms with Crippen LogP contribution in [0.15, 0.2) is 48.8 Å². The summed E-state index contributed by atoms with van der Waals surface area (Å²) in [7, 11) is 0. The molecule has 1 spiro atoms. The van der Waals surface area contributed by atoms with E-state index in [9.17, 15) is 23.2 Å². The third-order valence-corrected chi connectivity index (χ3v) is 7.32. The molecule has 37 heavy (non-hydrogen) atoms. The minimum atomic E-state index is -4.42. The normalized spacial score (nSPS) is 18.6. The summed E-state index contributed by atoms with van der Waals surface area (Å²) in [5.74, 6) is -0.759. The van der Waals surface area contributed by atoms with Crippen LogP contribution in [0.25, 0.3) is 5.69 Å². The SMILES string of the molecule is Cc1c(C(=O)Cc2ccc(C3(C#N)CCC4(CC3)OCCO4)nc2)cnn1-c1ccc(C(F)(F)F)cc1. The van der Waals surface area contributed by atoms with Crippen molar-refractivity contribution in [2.24, 2.45) is 0 Å². The van der Waals surface area contributed by atoms with Gasteiger partial charge in [-0.15, -0.1) is 0 Å². The highest BCUT2D eigenvalue weighted by Crippen LogP contribution is 2.45. The summed E-state index contributed by atoms with van der Waals surface area (Å²) in [6.45, 7) is 2.84. The van der Waals surface area contributed by atoms with E-state index in [0.29, 0.717) is 67.1 Å². The molecule has 0 unspecified atom stereocenters. The molecule has 10 heteroatoms. The van der Waals surface area contributed by atoms with E-state index in [2.05, 4.69) is 16.2 Å². The Balaban J connectivity index is 1.27. The first-order valence-corrected chi connectivity index (χ1v) is 12.0. The van der Waals surface area contributed by atoms with Crippen molar-refractivity contribution in [2.75, 3.05) is 13.2 Å². The Labute approximate surface area is 211 Å². The van der Waals surface area contributed by atoms with Crippen LogP contribution in [0.2, 0.25) is 0 Å². The molecule has 0 atom stereocenters. The fourth-order valence-corrected chi connectivity index (χ4v) is 5.10. The maximum Gasteiger partial charge on any atom is 0.416 e. The van der Waals surface area contributed by atoms with Crippen molar-refractivity contribution in [1.82, 2.24) is 14.8 Å². The Morgan fingerprint density at radius 3 is 2.30 bits per heavy atom. The summed E-state index contributed by atoms with van der Waals surface area (Å²) >= 11 is 0. The summed E-state index contributed by atoms with van der Waals surface area (Å²) in [5, 5.41) is 14.2.